The minimum absolute atomic E-state index is 0.0911. The Kier molecular flexibility index (Phi) is 5.64. The number of alkyl halides is 6. The van der Waals surface area contributed by atoms with Gasteiger partial charge in [0.25, 0.3) is 0 Å². The summed E-state index contributed by atoms with van der Waals surface area (Å²) in [5, 5.41) is 0. The van der Waals surface area contributed by atoms with Crippen molar-refractivity contribution < 1.29 is 40.6 Å². The molecule has 0 N–H and O–H groups in total. The molecule has 9 heteroatoms. The van der Waals surface area contributed by atoms with Gasteiger partial charge in [-0.25, -0.2) is 0 Å². The fourth-order valence-corrected chi connectivity index (χ4v) is 2.02. The third-order valence-electron chi connectivity index (χ3n) is 3.32. The first-order chi connectivity index (χ1) is 11.1. The Morgan fingerprint density at radius 3 is 2.08 bits per heavy atom. The normalized spacial score (nSPS) is 19.4. The van der Waals surface area contributed by atoms with Crippen molar-refractivity contribution in [1.29, 1.82) is 0 Å². The third kappa shape index (κ3) is 5.55. The van der Waals surface area contributed by atoms with E-state index in [0.717, 1.165) is 24.3 Å². The summed E-state index contributed by atoms with van der Waals surface area (Å²) >= 11 is 0. The Bertz CT molecular complexity index is 507. The highest BCUT2D eigenvalue weighted by atomic mass is 19.4. The maximum absolute atomic E-state index is 12.6. The van der Waals surface area contributed by atoms with Gasteiger partial charge >= 0.3 is 12.4 Å². The van der Waals surface area contributed by atoms with E-state index in [-0.39, 0.29) is 24.6 Å². The van der Waals surface area contributed by atoms with E-state index in [2.05, 4.69) is 0 Å². The molecule has 1 fully saturated rings. The Labute approximate surface area is 134 Å². The fourth-order valence-electron chi connectivity index (χ4n) is 2.02. The van der Waals surface area contributed by atoms with Gasteiger partial charge in [0, 0.05) is 0 Å². The number of halogens is 6. The molecule has 1 saturated heterocycles. The van der Waals surface area contributed by atoms with Crippen molar-refractivity contribution in [2.75, 3.05) is 19.8 Å². The molecule has 0 saturated carbocycles. The van der Waals surface area contributed by atoms with Crippen molar-refractivity contribution in [2.45, 2.75) is 37.4 Å². The summed E-state index contributed by atoms with van der Waals surface area (Å²) < 4.78 is 91.5. The van der Waals surface area contributed by atoms with Gasteiger partial charge in [-0.05, 0) is 24.6 Å². The first-order valence-electron chi connectivity index (χ1n) is 7.16. The van der Waals surface area contributed by atoms with E-state index >= 15 is 0 Å². The van der Waals surface area contributed by atoms with Gasteiger partial charge in [-0.15, -0.1) is 0 Å². The van der Waals surface area contributed by atoms with Crippen LogP contribution in [0.1, 0.15) is 18.4 Å². The lowest BCUT2D eigenvalue weighted by Crippen LogP contribution is -2.34. The van der Waals surface area contributed by atoms with Crippen LogP contribution in [0.4, 0.5) is 26.3 Å². The number of benzene rings is 1. The minimum atomic E-state index is -5.41. The maximum Gasteiger partial charge on any atom is 0.404 e. The lowest BCUT2D eigenvalue weighted by Gasteiger charge is -2.23. The van der Waals surface area contributed by atoms with E-state index in [1.54, 1.807) is 6.92 Å². The first kappa shape index (κ1) is 18.9. The molecule has 1 heterocycles. The van der Waals surface area contributed by atoms with Crippen LogP contribution in [-0.4, -0.2) is 44.4 Å². The SMILES string of the molecule is CC(COc1ccc(C(C(F)(F)F)C(F)(F)F)cc1)OCC1CO1. The molecule has 3 nitrogen and oxygen atoms in total. The van der Waals surface area contributed by atoms with Crippen LogP contribution >= 0.6 is 0 Å². The summed E-state index contributed by atoms with van der Waals surface area (Å²) in [5.41, 5.74) is -0.877. The summed E-state index contributed by atoms with van der Waals surface area (Å²) in [6, 6.07) is 3.70. The molecule has 1 aromatic rings. The maximum atomic E-state index is 12.6. The van der Waals surface area contributed by atoms with Crippen molar-refractivity contribution in [2.24, 2.45) is 0 Å². The van der Waals surface area contributed by atoms with Crippen LogP contribution in [0.3, 0.4) is 0 Å². The van der Waals surface area contributed by atoms with Crippen LogP contribution in [0.5, 0.6) is 5.75 Å². The van der Waals surface area contributed by atoms with E-state index in [1.807, 2.05) is 0 Å². The molecule has 0 spiro atoms. The molecule has 0 aliphatic carbocycles. The second kappa shape index (κ2) is 7.18. The van der Waals surface area contributed by atoms with Gasteiger partial charge in [0.1, 0.15) is 18.5 Å². The van der Waals surface area contributed by atoms with Crippen molar-refractivity contribution in [3.8, 4) is 5.75 Å². The lowest BCUT2D eigenvalue weighted by atomic mass is 9.98. The average Bonchev–Trinajstić information content (AvgIpc) is 3.25. The largest absolute Gasteiger partial charge is 0.491 e. The van der Waals surface area contributed by atoms with Crippen LogP contribution in [-0.2, 0) is 9.47 Å². The van der Waals surface area contributed by atoms with E-state index < -0.39 is 23.8 Å². The molecule has 1 aromatic carbocycles. The van der Waals surface area contributed by atoms with Crippen LogP contribution in [0.2, 0.25) is 0 Å². The summed E-state index contributed by atoms with van der Waals surface area (Å²) in [6.45, 7) is 2.92. The number of rotatable bonds is 7. The molecule has 24 heavy (non-hydrogen) atoms. The van der Waals surface area contributed by atoms with E-state index in [1.165, 1.54) is 0 Å². The Hall–Kier alpha value is -1.48. The van der Waals surface area contributed by atoms with Gasteiger partial charge in [-0.3, -0.25) is 0 Å². The smallest absolute Gasteiger partial charge is 0.404 e. The second-order valence-electron chi connectivity index (χ2n) is 5.50. The molecule has 1 aliphatic heterocycles. The number of hydrogen-bond donors (Lipinski definition) is 0. The van der Waals surface area contributed by atoms with Crippen molar-refractivity contribution >= 4 is 0 Å². The topological polar surface area (TPSA) is 31.0 Å². The van der Waals surface area contributed by atoms with Gasteiger partial charge in [0.15, 0.2) is 5.92 Å². The summed E-state index contributed by atoms with van der Waals surface area (Å²) in [6.07, 6.45) is -11.0. The van der Waals surface area contributed by atoms with Gasteiger partial charge in [0.05, 0.1) is 19.3 Å². The molecule has 2 atom stereocenters. The summed E-state index contributed by atoms with van der Waals surface area (Å²) in [5.74, 6) is -3.35. The highest BCUT2D eigenvalue weighted by molar-refractivity contribution is 5.31. The lowest BCUT2D eigenvalue weighted by molar-refractivity contribution is -0.253. The zero-order valence-electron chi connectivity index (χ0n) is 12.7. The zero-order valence-corrected chi connectivity index (χ0v) is 12.7. The van der Waals surface area contributed by atoms with E-state index in [4.69, 9.17) is 14.2 Å². The predicted octanol–water partition coefficient (Wildman–Crippen LogP) is 4.08. The molecule has 0 amide bonds. The molecule has 136 valence electrons. The molecule has 2 unspecified atom stereocenters. The summed E-state index contributed by atoms with van der Waals surface area (Å²) in [4.78, 5) is 0. The van der Waals surface area contributed by atoms with Crippen LogP contribution in [0, 0.1) is 0 Å². The minimum Gasteiger partial charge on any atom is -0.491 e. The second-order valence-corrected chi connectivity index (χ2v) is 5.50. The Balaban J connectivity index is 1.93. The number of epoxide rings is 1. The van der Waals surface area contributed by atoms with E-state index in [0.29, 0.717) is 13.2 Å². The molecule has 2 rings (SSSR count). The zero-order chi connectivity index (χ0) is 18.0. The molecular formula is C15H16F6O3. The first-order valence-corrected chi connectivity index (χ1v) is 7.16. The van der Waals surface area contributed by atoms with Crippen LogP contribution < -0.4 is 4.74 Å². The Morgan fingerprint density at radius 2 is 1.62 bits per heavy atom. The standard InChI is InChI=1S/C15H16F6O3/c1-9(22-7-12-8-24-12)6-23-11-4-2-10(3-5-11)13(14(16,17)18)15(19,20)21/h2-5,9,12-13H,6-8H2,1H3. The van der Waals surface area contributed by atoms with Gasteiger partial charge in [-0.2, -0.15) is 26.3 Å². The fraction of sp³-hybridized carbons (Fsp3) is 0.600. The van der Waals surface area contributed by atoms with Gasteiger partial charge in [0.2, 0.25) is 0 Å². The molecule has 0 bridgehead atoms. The third-order valence-corrected chi connectivity index (χ3v) is 3.32. The molecule has 0 radical (unpaired) electrons. The monoisotopic (exact) mass is 358 g/mol. The quantitative estimate of drug-likeness (QED) is 0.544. The van der Waals surface area contributed by atoms with Crippen molar-refractivity contribution in [3.63, 3.8) is 0 Å². The van der Waals surface area contributed by atoms with Crippen LogP contribution in [0.15, 0.2) is 24.3 Å². The highest BCUT2D eigenvalue weighted by Gasteiger charge is 2.57. The number of ether oxygens (including phenoxy) is 3. The van der Waals surface area contributed by atoms with Crippen molar-refractivity contribution in [1.82, 2.24) is 0 Å². The molecular weight excluding hydrogens is 342 g/mol. The number of hydrogen-bond acceptors (Lipinski definition) is 3. The van der Waals surface area contributed by atoms with Crippen molar-refractivity contribution in [3.05, 3.63) is 29.8 Å². The summed E-state index contributed by atoms with van der Waals surface area (Å²) in [7, 11) is 0. The van der Waals surface area contributed by atoms with E-state index in [9.17, 15) is 26.3 Å². The van der Waals surface area contributed by atoms with Crippen LogP contribution in [0.25, 0.3) is 0 Å². The van der Waals surface area contributed by atoms with Gasteiger partial charge in [-0.1, -0.05) is 12.1 Å². The predicted molar refractivity (Wildman–Crippen MR) is 71.9 cm³/mol. The molecule has 0 aromatic heterocycles. The highest BCUT2D eigenvalue weighted by Crippen LogP contribution is 2.46. The molecule has 1 aliphatic rings. The van der Waals surface area contributed by atoms with Gasteiger partial charge < -0.3 is 14.2 Å². The average molecular weight is 358 g/mol. The Morgan fingerprint density at radius 1 is 1.08 bits per heavy atom.